The van der Waals surface area contributed by atoms with E-state index >= 15 is 0 Å². The summed E-state index contributed by atoms with van der Waals surface area (Å²) in [6.45, 7) is 3.83. The standard InChI is InChI=1S/C13H12ClN3O3S/c1-3-20-13(19)8-4-7(2)21-12(8)17-11(18)9-5-16-10(14)6-15-9/h4-6H,3H2,1-2H3,(H,17,18). The number of rotatable bonds is 4. The normalized spacial score (nSPS) is 10.2. The van der Waals surface area contributed by atoms with Crippen molar-refractivity contribution >= 4 is 39.8 Å². The van der Waals surface area contributed by atoms with Gasteiger partial charge in [0.1, 0.15) is 15.8 Å². The Bertz CT molecular complexity index is 670. The van der Waals surface area contributed by atoms with Crippen LogP contribution >= 0.6 is 22.9 Å². The number of thiophene rings is 1. The smallest absolute Gasteiger partial charge is 0.341 e. The maximum Gasteiger partial charge on any atom is 0.341 e. The van der Waals surface area contributed by atoms with Crippen molar-refractivity contribution in [3.8, 4) is 0 Å². The number of amides is 1. The first-order valence-electron chi connectivity index (χ1n) is 6.07. The molecule has 0 spiro atoms. The van der Waals surface area contributed by atoms with Crippen LogP contribution in [0.1, 0.15) is 32.6 Å². The number of carbonyl (C=O) groups is 2. The molecule has 0 radical (unpaired) electrons. The number of hydrogen-bond acceptors (Lipinski definition) is 6. The van der Waals surface area contributed by atoms with Crippen LogP contribution in [0, 0.1) is 6.92 Å². The Hall–Kier alpha value is -1.99. The maximum atomic E-state index is 12.1. The average molecular weight is 326 g/mol. The predicted molar refractivity (Wildman–Crippen MR) is 80.0 cm³/mol. The van der Waals surface area contributed by atoms with Crippen LogP contribution in [0.2, 0.25) is 5.15 Å². The highest BCUT2D eigenvalue weighted by Gasteiger charge is 2.19. The van der Waals surface area contributed by atoms with Crippen molar-refractivity contribution in [1.29, 1.82) is 0 Å². The number of anilines is 1. The molecule has 0 aliphatic heterocycles. The van der Waals surface area contributed by atoms with E-state index < -0.39 is 11.9 Å². The second-order valence-electron chi connectivity index (χ2n) is 4.00. The zero-order valence-electron chi connectivity index (χ0n) is 11.3. The van der Waals surface area contributed by atoms with Gasteiger partial charge in [-0.3, -0.25) is 4.79 Å². The van der Waals surface area contributed by atoms with Crippen LogP contribution in [0.4, 0.5) is 5.00 Å². The van der Waals surface area contributed by atoms with Crippen LogP contribution in [0.5, 0.6) is 0 Å². The lowest BCUT2D eigenvalue weighted by molar-refractivity contribution is 0.0528. The molecule has 0 bridgehead atoms. The van der Waals surface area contributed by atoms with Gasteiger partial charge >= 0.3 is 5.97 Å². The Morgan fingerprint density at radius 1 is 1.38 bits per heavy atom. The van der Waals surface area contributed by atoms with Crippen LogP contribution in [0.25, 0.3) is 0 Å². The molecule has 2 aromatic rings. The molecule has 8 heteroatoms. The van der Waals surface area contributed by atoms with E-state index in [1.54, 1.807) is 13.0 Å². The zero-order valence-corrected chi connectivity index (χ0v) is 12.9. The topological polar surface area (TPSA) is 81.2 Å². The lowest BCUT2D eigenvalue weighted by atomic mass is 10.3. The van der Waals surface area contributed by atoms with Crippen molar-refractivity contribution < 1.29 is 14.3 Å². The number of nitrogens with zero attached hydrogens (tertiary/aromatic N) is 2. The largest absolute Gasteiger partial charge is 0.462 e. The van der Waals surface area contributed by atoms with Crippen molar-refractivity contribution in [3.63, 3.8) is 0 Å². The summed E-state index contributed by atoms with van der Waals surface area (Å²) in [5.74, 6) is -0.939. The molecule has 0 unspecified atom stereocenters. The molecule has 2 heterocycles. The highest BCUT2D eigenvalue weighted by atomic mass is 35.5. The third-order valence-electron chi connectivity index (χ3n) is 2.43. The Morgan fingerprint density at radius 3 is 2.76 bits per heavy atom. The number of aryl methyl sites for hydroxylation is 1. The summed E-state index contributed by atoms with van der Waals surface area (Å²) >= 11 is 6.90. The lowest BCUT2D eigenvalue weighted by Gasteiger charge is -2.05. The number of nitrogens with one attached hydrogen (secondary N) is 1. The summed E-state index contributed by atoms with van der Waals surface area (Å²) in [6, 6.07) is 1.67. The molecule has 21 heavy (non-hydrogen) atoms. The number of hydrogen-bond donors (Lipinski definition) is 1. The molecule has 0 aliphatic rings. The number of aromatic nitrogens is 2. The van der Waals surface area contributed by atoms with Gasteiger partial charge in [0.05, 0.1) is 24.6 Å². The second kappa shape index (κ2) is 6.64. The highest BCUT2D eigenvalue weighted by Crippen LogP contribution is 2.28. The Morgan fingerprint density at radius 2 is 2.14 bits per heavy atom. The minimum absolute atomic E-state index is 0.111. The van der Waals surface area contributed by atoms with Gasteiger partial charge in [-0.05, 0) is 19.9 Å². The van der Waals surface area contributed by atoms with Gasteiger partial charge in [-0.2, -0.15) is 0 Å². The van der Waals surface area contributed by atoms with Gasteiger partial charge in [-0.25, -0.2) is 14.8 Å². The zero-order chi connectivity index (χ0) is 15.4. The van der Waals surface area contributed by atoms with E-state index in [2.05, 4.69) is 15.3 Å². The number of esters is 1. The van der Waals surface area contributed by atoms with Crippen LogP contribution in [-0.2, 0) is 4.74 Å². The number of carbonyl (C=O) groups excluding carboxylic acids is 2. The van der Waals surface area contributed by atoms with Crippen molar-refractivity contribution in [1.82, 2.24) is 9.97 Å². The van der Waals surface area contributed by atoms with Crippen molar-refractivity contribution in [2.24, 2.45) is 0 Å². The predicted octanol–water partition coefficient (Wildman–Crippen LogP) is 2.93. The third-order valence-corrected chi connectivity index (χ3v) is 3.59. The van der Waals surface area contributed by atoms with Crippen molar-refractivity contribution in [2.45, 2.75) is 13.8 Å². The Kier molecular flexibility index (Phi) is 4.87. The first-order valence-corrected chi connectivity index (χ1v) is 7.27. The Balaban J connectivity index is 2.21. The summed E-state index contributed by atoms with van der Waals surface area (Å²) < 4.78 is 4.96. The van der Waals surface area contributed by atoms with Gasteiger partial charge in [0.15, 0.2) is 0 Å². The van der Waals surface area contributed by atoms with E-state index in [4.69, 9.17) is 16.3 Å². The van der Waals surface area contributed by atoms with Crippen molar-refractivity contribution in [3.05, 3.63) is 39.7 Å². The summed E-state index contributed by atoms with van der Waals surface area (Å²) in [5, 5.41) is 3.26. The summed E-state index contributed by atoms with van der Waals surface area (Å²) in [7, 11) is 0. The molecular formula is C13H12ClN3O3S. The molecule has 0 saturated heterocycles. The van der Waals surface area contributed by atoms with Crippen LogP contribution in [-0.4, -0.2) is 28.5 Å². The van der Waals surface area contributed by atoms with E-state index in [-0.39, 0.29) is 17.5 Å². The van der Waals surface area contributed by atoms with Crippen molar-refractivity contribution in [2.75, 3.05) is 11.9 Å². The Labute approximate surface area is 130 Å². The SMILES string of the molecule is CCOC(=O)c1cc(C)sc1NC(=O)c1cnc(Cl)cn1. The molecule has 0 atom stereocenters. The summed E-state index contributed by atoms with van der Waals surface area (Å²) in [4.78, 5) is 32.4. The third kappa shape index (κ3) is 3.77. The fraction of sp³-hybridized carbons (Fsp3) is 0.231. The quantitative estimate of drug-likeness (QED) is 0.874. The minimum atomic E-state index is -0.473. The van der Waals surface area contributed by atoms with E-state index in [9.17, 15) is 9.59 Å². The highest BCUT2D eigenvalue weighted by molar-refractivity contribution is 7.16. The maximum absolute atomic E-state index is 12.1. The van der Waals surface area contributed by atoms with E-state index in [0.717, 1.165) is 4.88 Å². The molecule has 110 valence electrons. The van der Waals surface area contributed by atoms with Gasteiger partial charge in [0.2, 0.25) is 0 Å². The monoisotopic (exact) mass is 325 g/mol. The first kappa shape index (κ1) is 15.4. The fourth-order valence-corrected chi connectivity index (χ4v) is 2.56. The minimum Gasteiger partial charge on any atom is -0.462 e. The van der Waals surface area contributed by atoms with Crippen LogP contribution in [0.3, 0.4) is 0 Å². The molecular weight excluding hydrogens is 314 g/mol. The van der Waals surface area contributed by atoms with Crippen LogP contribution in [0.15, 0.2) is 18.5 Å². The lowest BCUT2D eigenvalue weighted by Crippen LogP contribution is -2.15. The van der Waals surface area contributed by atoms with Crippen LogP contribution < -0.4 is 5.32 Å². The van der Waals surface area contributed by atoms with E-state index in [1.807, 2.05) is 6.92 Å². The molecule has 0 saturated carbocycles. The first-order chi connectivity index (χ1) is 10.0. The molecule has 0 aromatic carbocycles. The molecule has 6 nitrogen and oxygen atoms in total. The van der Waals surface area contributed by atoms with Gasteiger partial charge in [-0.1, -0.05) is 11.6 Å². The molecule has 0 aliphatic carbocycles. The van der Waals surface area contributed by atoms with E-state index in [0.29, 0.717) is 10.6 Å². The molecule has 1 N–H and O–H groups in total. The number of ether oxygens (including phenoxy) is 1. The fourth-order valence-electron chi connectivity index (χ4n) is 1.56. The van der Waals surface area contributed by atoms with Gasteiger partial charge in [0.25, 0.3) is 5.91 Å². The molecule has 2 aromatic heterocycles. The van der Waals surface area contributed by atoms with Gasteiger partial charge < -0.3 is 10.1 Å². The number of halogens is 1. The van der Waals surface area contributed by atoms with Gasteiger partial charge in [-0.15, -0.1) is 11.3 Å². The average Bonchev–Trinajstić information content (AvgIpc) is 2.80. The molecule has 2 rings (SSSR count). The molecule has 0 fully saturated rings. The summed E-state index contributed by atoms with van der Waals surface area (Å²) in [6.07, 6.45) is 2.55. The summed E-state index contributed by atoms with van der Waals surface area (Å²) in [5.41, 5.74) is 0.440. The second-order valence-corrected chi connectivity index (χ2v) is 5.64. The van der Waals surface area contributed by atoms with E-state index in [1.165, 1.54) is 23.7 Å². The van der Waals surface area contributed by atoms with Gasteiger partial charge in [0, 0.05) is 4.88 Å². The molecule has 1 amide bonds.